The molecule has 4 nitrogen and oxygen atoms in total. The number of aromatic nitrogens is 3. The van der Waals surface area contributed by atoms with Gasteiger partial charge in [-0.25, -0.2) is 15.0 Å². The minimum Gasteiger partial charge on any atom is -0.455 e. The zero-order chi connectivity index (χ0) is 29.7. The summed E-state index contributed by atoms with van der Waals surface area (Å²) in [5.41, 5.74) is 6.70. The van der Waals surface area contributed by atoms with Crippen LogP contribution in [0.2, 0.25) is 0 Å². The van der Waals surface area contributed by atoms with E-state index in [1.54, 1.807) is 0 Å². The van der Waals surface area contributed by atoms with E-state index in [-0.39, 0.29) is 0 Å². The van der Waals surface area contributed by atoms with Crippen LogP contribution in [0, 0.1) is 0 Å². The zero-order valence-electron chi connectivity index (χ0n) is 24.2. The van der Waals surface area contributed by atoms with Crippen LogP contribution in [-0.4, -0.2) is 15.0 Å². The van der Waals surface area contributed by atoms with Gasteiger partial charge in [0.1, 0.15) is 11.2 Å². The smallest absolute Gasteiger partial charge is 0.167 e. The molecule has 0 unspecified atom stereocenters. The van der Waals surface area contributed by atoms with Crippen molar-refractivity contribution in [1.82, 2.24) is 15.0 Å². The van der Waals surface area contributed by atoms with Gasteiger partial charge in [-0.05, 0) is 63.0 Å². The lowest BCUT2D eigenvalue weighted by molar-refractivity contribution is 0.669. The molecule has 0 saturated carbocycles. The third-order valence-corrected chi connectivity index (χ3v) is 8.49. The fourth-order valence-electron chi connectivity index (χ4n) is 6.20. The number of para-hydroxylation sites is 2. The summed E-state index contributed by atoms with van der Waals surface area (Å²) in [6.07, 6.45) is 0. The van der Waals surface area contributed by atoms with Gasteiger partial charge in [0, 0.05) is 21.9 Å². The maximum atomic E-state index is 6.39. The summed E-state index contributed by atoms with van der Waals surface area (Å²) in [5, 5.41) is 6.71. The molecule has 4 heteroatoms. The van der Waals surface area contributed by atoms with Crippen LogP contribution in [0.1, 0.15) is 0 Å². The van der Waals surface area contributed by atoms with E-state index < -0.39 is 0 Å². The number of fused-ring (bicyclic) bond motifs is 5. The summed E-state index contributed by atoms with van der Waals surface area (Å²) in [7, 11) is 0. The SMILES string of the molecule is c1ccc(-c2ccc3cc(-c4nc(-c5ccc6ccccc6c5)nc(-c5cccc6c5oc5ccccc56)n4)ccc3c2)cc1. The molecule has 0 N–H and O–H groups in total. The molecule has 0 saturated heterocycles. The van der Waals surface area contributed by atoms with Crippen molar-refractivity contribution in [2.45, 2.75) is 0 Å². The Morgan fingerprint density at radius 2 is 0.911 bits per heavy atom. The lowest BCUT2D eigenvalue weighted by Crippen LogP contribution is -2.00. The molecule has 7 aromatic carbocycles. The molecule has 9 aromatic rings. The summed E-state index contributed by atoms with van der Waals surface area (Å²) in [6.45, 7) is 0. The van der Waals surface area contributed by atoms with Gasteiger partial charge in [0.25, 0.3) is 0 Å². The van der Waals surface area contributed by atoms with E-state index in [0.29, 0.717) is 17.5 Å². The van der Waals surface area contributed by atoms with Gasteiger partial charge in [0.15, 0.2) is 17.5 Å². The first-order chi connectivity index (χ1) is 22.3. The van der Waals surface area contributed by atoms with Crippen molar-refractivity contribution in [2.75, 3.05) is 0 Å². The lowest BCUT2D eigenvalue weighted by atomic mass is 10.00. The van der Waals surface area contributed by atoms with Crippen molar-refractivity contribution >= 4 is 43.5 Å². The highest BCUT2D eigenvalue weighted by atomic mass is 16.3. The van der Waals surface area contributed by atoms with Crippen LogP contribution in [0.4, 0.5) is 0 Å². The molecule has 2 heterocycles. The van der Waals surface area contributed by atoms with E-state index in [1.165, 1.54) is 16.5 Å². The van der Waals surface area contributed by atoms with Crippen LogP contribution in [0.5, 0.6) is 0 Å². The monoisotopic (exact) mass is 575 g/mol. The van der Waals surface area contributed by atoms with Gasteiger partial charge in [0.05, 0.1) is 5.56 Å². The molecule has 0 aliphatic rings. The van der Waals surface area contributed by atoms with Gasteiger partial charge in [-0.3, -0.25) is 0 Å². The summed E-state index contributed by atoms with van der Waals surface area (Å²) in [6, 6.07) is 52.4. The molecule has 0 radical (unpaired) electrons. The van der Waals surface area contributed by atoms with Gasteiger partial charge in [-0.1, -0.05) is 121 Å². The van der Waals surface area contributed by atoms with Gasteiger partial charge < -0.3 is 4.42 Å². The number of nitrogens with zero attached hydrogens (tertiary/aromatic N) is 3. The van der Waals surface area contributed by atoms with Gasteiger partial charge in [-0.15, -0.1) is 0 Å². The highest BCUT2D eigenvalue weighted by Gasteiger charge is 2.18. The molecule has 45 heavy (non-hydrogen) atoms. The fourth-order valence-corrected chi connectivity index (χ4v) is 6.20. The van der Waals surface area contributed by atoms with E-state index >= 15 is 0 Å². The lowest BCUT2D eigenvalue weighted by Gasteiger charge is -2.10. The van der Waals surface area contributed by atoms with Crippen molar-refractivity contribution in [3.8, 4) is 45.3 Å². The zero-order valence-corrected chi connectivity index (χ0v) is 24.2. The number of hydrogen-bond acceptors (Lipinski definition) is 4. The quantitative estimate of drug-likeness (QED) is 0.209. The Bertz CT molecular complexity index is 2550. The third-order valence-electron chi connectivity index (χ3n) is 8.49. The van der Waals surface area contributed by atoms with Gasteiger partial charge >= 0.3 is 0 Å². The van der Waals surface area contributed by atoms with Crippen LogP contribution in [0.15, 0.2) is 156 Å². The average Bonchev–Trinajstić information content (AvgIpc) is 3.50. The van der Waals surface area contributed by atoms with E-state index in [2.05, 4.69) is 115 Å². The molecule has 0 atom stereocenters. The second-order valence-corrected chi connectivity index (χ2v) is 11.3. The predicted octanol–water partition coefficient (Wildman–Crippen LogP) is 10.7. The molecule has 0 aliphatic heterocycles. The van der Waals surface area contributed by atoms with Crippen LogP contribution in [0.3, 0.4) is 0 Å². The van der Waals surface area contributed by atoms with Crippen LogP contribution in [0.25, 0.3) is 88.8 Å². The summed E-state index contributed by atoms with van der Waals surface area (Å²) in [5.74, 6) is 1.81. The molecule has 2 aromatic heterocycles. The number of benzene rings is 7. The Morgan fingerprint density at radius 3 is 1.69 bits per heavy atom. The Morgan fingerprint density at radius 1 is 0.356 bits per heavy atom. The predicted molar refractivity (Wildman–Crippen MR) is 184 cm³/mol. The summed E-state index contributed by atoms with van der Waals surface area (Å²) >= 11 is 0. The second-order valence-electron chi connectivity index (χ2n) is 11.3. The number of rotatable bonds is 4. The molecule has 0 aliphatic carbocycles. The Labute approximate surface area is 259 Å². The molecule has 0 spiro atoms. The van der Waals surface area contributed by atoms with Gasteiger partial charge in [0.2, 0.25) is 0 Å². The van der Waals surface area contributed by atoms with Crippen molar-refractivity contribution in [3.63, 3.8) is 0 Å². The van der Waals surface area contributed by atoms with Crippen molar-refractivity contribution in [1.29, 1.82) is 0 Å². The topological polar surface area (TPSA) is 51.8 Å². The van der Waals surface area contributed by atoms with Gasteiger partial charge in [-0.2, -0.15) is 0 Å². The Kier molecular flexibility index (Phi) is 5.78. The molecule has 0 bridgehead atoms. The molecule has 210 valence electrons. The minimum atomic E-state index is 0.576. The molecule has 0 fully saturated rings. The second kappa shape index (κ2) is 10.2. The van der Waals surface area contributed by atoms with Crippen LogP contribution < -0.4 is 0 Å². The van der Waals surface area contributed by atoms with E-state index in [4.69, 9.17) is 19.4 Å². The fraction of sp³-hybridized carbons (Fsp3) is 0. The first kappa shape index (κ1) is 25.4. The number of hydrogen-bond donors (Lipinski definition) is 0. The molecule has 0 amide bonds. The normalized spacial score (nSPS) is 11.6. The maximum Gasteiger partial charge on any atom is 0.167 e. The Hall–Kier alpha value is -6.13. The van der Waals surface area contributed by atoms with E-state index in [1.807, 2.05) is 36.4 Å². The Balaban J connectivity index is 1.24. The van der Waals surface area contributed by atoms with Crippen molar-refractivity contribution < 1.29 is 4.42 Å². The first-order valence-electron chi connectivity index (χ1n) is 15.0. The highest BCUT2D eigenvalue weighted by Crippen LogP contribution is 2.36. The average molecular weight is 576 g/mol. The first-order valence-corrected chi connectivity index (χ1v) is 15.0. The van der Waals surface area contributed by atoms with E-state index in [0.717, 1.165) is 54.8 Å². The van der Waals surface area contributed by atoms with Crippen molar-refractivity contribution in [3.05, 3.63) is 152 Å². The summed E-state index contributed by atoms with van der Waals surface area (Å²) < 4.78 is 6.39. The summed E-state index contributed by atoms with van der Waals surface area (Å²) in [4.78, 5) is 15.2. The minimum absolute atomic E-state index is 0.576. The largest absolute Gasteiger partial charge is 0.455 e. The number of furan rings is 1. The van der Waals surface area contributed by atoms with Crippen LogP contribution in [-0.2, 0) is 0 Å². The van der Waals surface area contributed by atoms with Crippen LogP contribution >= 0.6 is 0 Å². The third kappa shape index (κ3) is 4.43. The van der Waals surface area contributed by atoms with Crippen molar-refractivity contribution in [2.24, 2.45) is 0 Å². The molecular weight excluding hydrogens is 550 g/mol. The molecular formula is C41H25N3O. The maximum absolute atomic E-state index is 6.39. The highest BCUT2D eigenvalue weighted by molar-refractivity contribution is 6.09. The van der Waals surface area contributed by atoms with E-state index in [9.17, 15) is 0 Å². The standard InChI is InChI=1S/C41H25N3O/c1-2-9-26(10-3-1)29-18-19-31-25-33(22-20-30(31)23-29)40-42-39(32-21-17-27-11-4-5-12-28(27)24-32)43-41(44-40)36-15-8-14-35-34-13-6-7-16-37(34)45-38(35)36/h1-25H. The molecule has 9 rings (SSSR count).